The van der Waals surface area contributed by atoms with Crippen molar-refractivity contribution in [2.45, 2.75) is 6.54 Å². The fraction of sp³-hybridized carbons (Fsp3) is 0.158. The van der Waals surface area contributed by atoms with Crippen molar-refractivity contribution in [2.24, 2.45) is 0 Å². The molecule has 128 valence electrons. The Labute approximate surface area is 150 Å². The molecule has 2 aromatic carbocycles. The molecule has 1 saturated heterocycles. The zero-order valence-electron chi connectivity index (χ0n) is 13.9. The number of methoxy groups -OCH3 is 2. The summed E-state index contributed by atoms with van der Waals surface area (Å²) >= 11 is 0.931. The Bertz CT molecular complexity index is 833. The molecule has 6 heteroatoms. The third-order valence-electron chi connectivity index (χ3n) is 3.78. The normalized spacial score (nSPS) is 15.8. The Kier molecular flexibility index (Phi) is 5.09. The lowest BCUT2D eigenvalue weighted by atomic mass is 10.1. The fourth-order valence-corrected chi connectivity index (χ4v) is 3.40. The van der Waals surface area contributed by atoms with Crippen LogP contribution in [-0.2, 0) is 11.3 Å². The summed E-state index contributed by atoms with van der Waals surface area (Å²) < 4.78 is 10.6. The second kappa shape index (κ2) is 7.44. The molecule has 25 heavy (non-hydrogen) atoms. The summed E-state index contributed by atoms with van der Waals surface area (Å²) in [6.07, 6.45) is 1.66. The Morgan fingerprint density at radius 2 is 1.76 bits per heavy atom. The second-order valence-corrected chi connectivity index (χ2v) is 6.33. The summed E-state index contributed by atoms with van der Waals surface area (Å²) in [5.41, 5.74) is 1.59. The van der Waals surface area contributed by atoms with E-state index in [2.05, 4.69) is 0 Å². The van der Waals surface area contributed by atoms with Gasteiger partial charge in [-0.25, -0.2) is 0 Å². The summed E-state index contributed by atoms with van der Waals surface area (Å²) in [5.74, 6) is 0.795. The molecule has 1 aliphatic rings. The number of rotatable bonds is 5. The third-order valence-corrected chi connectivity index (χ3v) is 4.68. The van der Waals surface area contributed by atoms with Gasteiger partial charge >= 0.3 is 0 Å². The number of carbonyl (C=O) groups is 2. The van der Waals surface area contributed by atoms with Gasteiger partial charge in [-0.15, -0.1) is 0 Å². The number of nitrogens with zero attached hydrogens (tertiary/aromatic N) is 1. The number of hydrogen-bond donors (Lipinski definition) is 0. The van der Waals surface area contributed by atoms with Crippen LogP contribution in [0.15, 0.2) is 53.4 Å². The zero-order valence-corrected chi connectivity index (χ0v) is 14.7. The van der Waals surface area contributed by atoms with Crippen molar-refractivity contribution in [3.63, 3.8) is 0 Å². The number of benzene rings is 2. The molecular formula is C19H17NO4S. The van der Waals surface area contributed by atoms with E-state index in [4.69, 9.17) is 9.47 Å². The third kappa shape index (κ3) is 3.53. The lowest BCUT2D eigenvalue weighted by molar-refractivity contribution is -0.123. The Morgan fingerprint density at radius 3 is 2.44 bits per heavy atom. The largest absolute Gasteiger partial charge is 0.493 e. The number of thioether (sulfide) groups is 1. The number of carbonyl (C=O) groups excluding carboxylic acids is 2. The van der Waals surface area contributed by atoms with E-state index < -0.39 is 0 Å². The molecule has 0 saturated carbocycles. The quantitative estimate of drug-likeness (QED) is 0.761. The van der Waals surface area contributed by atoms with E-state index in [1.807, 2.05) is 36.4 Å². The Morgan fingerprint density at radius 1 is 1.00 bits per heavy atom. The lowest BCUT2D eigenvalue weighted by Crippen LogP contribution is -2.27. The van der Waals surface area contributed by atoms with E-state index in [1.54, 1.807) is 25.3 Å². The number of hydrogen-bond acceptors (Lipinski definition) is 5. The zero-order chi connectivity index (χ0) is 17.8. The van der Waals surface area contributed by atoms with E-state index in [0.717, 1.165) is 17.3 Å². The van der Waals surface area contributed by atoms with Crippen LogP contribution in [0.1, 0.15) is 11.1 Å². The highest BCUT2D eigenvalue weighted by atomic mass is 32.2. The van der Waals surface area contributed by atoms with Gasteiger partial charge in [-0.05, 0) is 29.5 Å². The van der Waals surface area contributed by atoms with Crippen LogP contribution < -0.4 is 9.47 Å². The van der Waals surface area contributed by atoms with Crippen LogP contribution in [0.25, 0.3) is 6.08 Å². The highest BCUT2D eigenvalue weighted by Gasteiger charge is 2.35. The van der Waals surface area contributed by atoms with Crippen LogP contribution in [0, 0.1) is 0 Å². The van der Waals surface area contributed by atoms with Gasteiger partial charge in [0.25, 0.3) is 11.1 Å². The average molecular weight is 355 g/mol. The smallest absolute Gasteiger partial charge is 0.293 e. The van der Waals surface area contributed by atoms with Crippen LogP contribution in [0.3, 0.4) is 0 Å². The van der Waals surface area contributed by atoms with Crippen LogP contribution in [-0.4, -0.2) is 30.3 Å². The van der Waals surface area contributed by atoms with E-state index in [0.29, 0.717) is 22.0 Å². The molecule has 2 amide bonds. The Hall–Kier alpha value is -2.73. The maximum atomic E-state index is 12.6. The number of ether oxygens (including phenoxy) is 2. The first-order chi connectivity index (χ1) is 12.1. The van der Waals surface area contributed by atoms with Gasteiger partial charge in [0, 0.05) is 5.56 Å². The molecule has 0 bridgehead atoms. The van der Waals surface area contributed by atoms with Crippen molar-refractivity contribution in [1.82, 2.24) is 4.90 Å². The van der Waals surface area contributed by atoms with Crippen molar-refractivity contribution in [1.29, 1.82) is 0 Å². The van der Waals surface area contributed by atoms with Gasteiger partial charge in [0.15, 0.2) is 11.5 Å². The molecule has 0 spiro atoms. The first-order valence-corrected chi connectivity index (χ1v) is 8.46. The minimum atomic E-state index is -0.302. The van der Waals surface area contributed by atoms with Crippen molar-refractivity contribution in [3.8, 4) is 11.5 Å². The van der Waals surface area contributed by atoms with E-state index in [1.165, 1.54) is 12.0 Å². The maximum absolute atomic E-state index is 12.6. The fourth-order valence-electron chi connectivity index (χ4n) is 2.57. The highest BCUT2D eigenvalue weighted by molar-refractivity contribution is 8.18. The maximum Gasteiger partial charge on any atom is 0.293 e. The molecule has 2 aromatic rings. The molecule has 0 radical (unpaired) electrons. The molecule has 0 N–H and O–H groups in total. The van der Waals surface area contributed by atoms with E-state index >= 15 is 0 Å². The number of imide groups is 1. The molecule has 0 atom stereocenters. The highest BCUT2D eigenvalue weighted by Crippen LogP contribution is 2.37. The minimum absolute atomic E-state index is 0.262. The van der Waals surface area contributed by atoms with Gasteiger partial charge in [0.2, 0.25) is 0 Å². The minimum Gasteiger partial charge on any atom is -0.493 e. The number of amides is 2. The van der Waals surface area contributed by atoms with Crippen LogP contribution in [0.5, 0.6) is 11.5 Å². The predicted molar refractivity (Wildman–Crippen MR) is 97.5 cm³/mol. The first kappa shape index (κ1) is 17.1. The van der Waals surface area contributed by atoms with Gasteiger partial charge in [0.1, 0.15) is 0 Å². The van der Waals surface area contributed by atoms with Crippen molar-refractivity contribution in [3.05, 3.63) is 64.6 Å². The molecule has 0 aliphatic carbocycles. The lowest BCUT2D eigenvalue weighted by Gasteiger charge is -2.12. The first-order valence-electron chi connectivity index (χ1n) is 7.64. The van der Waals surface area contributed by atoms with Crippen molar-refractivity contribution < 1.29 is 19.1 Å². The van der Waals surface area contributed by atoms with Gasteiger partial charge in [-0.3, -0.25) is 14.5 Å². The van der Waals surface area contributed by atoms with Crippen LogP contribution in [0.4, 0.5) is 4.79 Å². The van der Waals surface area contributed by atoms with Gasteiger partial charge in [0.05, 0.1) is 25.7 Å². The molecule has 5 nitrogen and oxygen atoms in total. The molecule has 0 unspecified atom stereocenters. The standard InChI is InChI=1S/C19H17NO4S/c1-23-15-10-6-9-14(17(15)24-2)11-16-18(21)20(19(22)25-16)12-13-7-4-3-5-8-13/h3-11H,12H2,1-2H3/b16-11-. The molecule has 1 fully saturated rings. The summed E-state index contributed by atoms with van der Waals surface area (Å²) in [6, 6.07) is 14.8. The molecule has 0 aromatic heterocycles. The summed E-state index contributed by atoms with van der Waals surface area (Å²) in [5, 5.41) is -0.276. The van der Waals surface area contributed by atoms with Crippen molar-refractivity contribution >= 4 is 29.0 Å². The van der Waals surface area contributed by atoms with E-state index in [9.17, 15) is 9.59 Å². The second-order valence-electron chi connectivity index (χ2n) is 5.34. The van der Waals surface area contributed by atoms with E-state index in [-0.39, 0.29) is 17.7 Å². The Balaban J connectivity index is 1.88. The molecule has 1 heterocycles. The van der Waals surface area contributed by atoms with Crippen molar-refractivity contribution in [2.75, 3.05) is 14.2 Å². The topological polar surface area (TPSA) is 55.8 Å². The van der Waals surface area contributed by atoms with Crippen LogP contribution >= 0.6 is 11.8 Å². The summed E-state index contributed by atoms with van der Waals surface area (Å²) in [7, 11) is 3.09. The molecule has 1 aliphatic heterocycles. The summed E-state index contributed by atoms with van der Waals surface area (Å²) in [4.78, 5) is 26.5. The average Bonchev–Trinajstić information content (AvgIpc) is 2.90. The predicted octanol–water partition coefficient (Wildman–Crippen LogP) is 3.94. The SMILES string of the molecule is COc1cccc(/C=C2\SC(=O)N(Cc3ccccc3)C2=O)c1OC. The van der Waals surface area contributed by atoms with Crippen LogP contribution in [0.2, 0.25) is 0 Å². The summed E-state index contributed by atoms with van der Waals surface area (Å²) in [6.45, 7) is 0.262. The van der Waals surface area contributed by atoms with Gasteiger partial charge < -0.3 is 9.47 Å². The monoisotopic (exact) mass is 355 g/mol. The van der Waals surface area contributed by atoms with Gasteiger partial charge in [-0.2, -0.15) is 0 Å². The van der Waals surface area contributed by atoms with Gasteiger partial charge in [-0.1, -0.05) is 42.5 Å². The number of para-hydroxylation sites is 1. The molecule has 3 rings (SSSR count). The molecular weight excluding hydrogens is 338 g/mol.